The average molecular weight is 140 g/mol. The molecule has 2 rings (SSSR count). The van der Waals surface area contributed by atoms with E-state index in [1.165, 1.54) is 0 Å². The summed E-state index contributed by atoms with van der Waals surface area (Å²) in [7, 11) is 2.00. The number of hydrogen-bond acceptors (Lipinski definition) is 2. The van der Waals surface area contributed by atoms with Gasteiger partial charge in [0.15, 0.2) is 0 Å². The molecule has 0 saturated carbocycles. The SMILES string of the molecule is CN1CC(=O)N2C1C2(C)C. The first kappa shape index (κ1) is 6.16. The molecular formula is C7H12N2O. The van der Waals surface area contributed by atoms with E-state index in [9.17, 15) is 4.79 Å². The molecule has 56 valence electrons. The van der Waals surface area contributed by atoms with Gasteiger partial charge in [-0.3, -0.25) is 9.69 Å². The van der Waals surface area contributed by atoms with Crippen molar-refractivity contribution >= 4 is 5.91 Å². The number of hydrogen-bond donors (Lipinski definition) is 0. The number of piperazine rings is 1. The summed E-state index contributed by atoms with van der Waals surface area (Å²) < 4.78 is 0. The molecule has 0 spiro atoms. The van der Waals surface area contributed by atoms with Gasteiger partial charge in [0.2, 0.25) is 5.91 Å². The second-order valence-electron chi connectivity index (χ2n) is 3.71. The molecule has 1 amide bonds. The van der Waals surface area contributed by atoms with Gasteiger partial charge in [0.1, 0.15) is 6.17 Å². The fourth-order valence-corrected chi connectivity index (χ4v) is 2.03. The molecule has 0 bridgehead atoms. The lowest BCUT2D eigenvalue weighted by molar-refractivity contribution is -0.124. The molecule has 10 heavy (non-hydrogen) atoms. The Bertz CT molecular complexity index is 200. The maximum Gasteiger partial charge on any atom is 0.238 e. The molecule has 2 aliphatic heterocycles. The number of nitrogens with zero attached hydrogens (tertiary/aromatic N) is 2. The van der Waals surface area contributed by atoms with Gasteiger partial charge < -0.3 is 4.90 Å². The maximum absolute atomic E-state index is 11.1. The molecule has 0 aliphatic carbocycles. The number of carbonyl (C=O) groups is 1. The molecule has 1 unspecified atom stereocenters. The molecule has 0 radical (unpaired) electrons. The maximum atomic E-state index is 11.1. The van der Waals surface area contributed by atoms with E-state index < -0.39 is 0 Å². The highest BCUT2D eigenvalue weighted by Gasteiger charge is 2.64. The van der Waals surface area contributed by atoms with E-state index in [4.69, 9.17) is 0 Å². The van der Waals surface area contributed by atoms with Gasteiger partial charge >= 0.3 is 0 Å². The zero-order chi connectivity index (χ0) is 7.52. The summed E-state index contributed by atoms with van der Waals surface area (Å²) in [6.45, 7) is 4.81. The van der Waals surface area contributed by atoms with Crippen LogP contribution in [0, 0.1) is 0 Å². The predicted octanol–water partition coefficient (Wildman–Crippen LogP) is -0.121. The Hall–Kier alpha value is -0.570. The molecule has 1 atom stereocenters. The lowest BCUT2D eigenvalue weighted by Gasteiger charge is -2.11. The standard InChI is InChI=1S/C7H12N2O/c1-7(2)6-8(3)4-5(10)9(6)7/h6H,4H2,1-3H3. The van der Waals surface area contributed by atoms with Crippen LogP contribution in [0.25, 0.3) is 0 Å². The molecule has 2 aliphatic rings. The van der Waals surface area contributed by atoms with Crippen LogP contribution >= 0.6 is 0 Å². The van der Waals surface area contributed by atoms with Gasteiger partial charge in [-0.1, -0.05) is 0 Å². The van der Waals surface area contributed by atoms with Crippen molar-refractivity contribution in [1.29, 1.82) is 0 Å². The van der Waals surface area contributed by atoms with Gasteiger partial charge in [-0.2, -0.15) is 0 Å². The van der Waals surface area contributed by atoms with Gasteiger partial charge in [-0.15, -0.1) is 0 Å². The summed E-state index contributed by atoms with van der Waals surface area (Å²) in [4.78, 5) is 15.2. The van der Waals surface area contributed by atoms with E-state index >= 15 is 0 Å². The van der Waals surface area contributed by atoms with E-state index in [0.29, 0.717) is 12.7 Å². The van der Waals surface area contributed by atoms with Crippen LogP contribution in [-0.2, 0) is 4.79 Å². The molecule has 0 aromatic heterocycles. The highest BCUT2D eigenvalue weighted by atomic mass is 16.2. The first-order chi connectivity index (χ1) is 4.55. The average Bonchev–Trinajstić information content (AvgIpc) is 2.17. The second-order valence-corrected chi connectivity index (χ2v) is 3.71. The molecule has 3 nitrogen and oxygen atoms in total. The Morgan fingerprint density at radius 3 is 2.40 bits per heavy atom. The molecule has 2 heterocycles. The molecule has 0 aromatic carbocycles. The second kappa shape index (κ2) is 1.37. The van der Waals surface area contributed by atoms with Crippen molar-refractivity contribution < 1.29 is 4.79 Å². The lowest BCUT2D eigenvalue weighted by Crippen LogP contribution is -2.30. The molecular weight excluding hydrogens is 128 g/mol. The Kier molecular flexibility index (Phi) is 0.844. The van der Waals surface area contributed by atoms with E-state index in [-0.39, 0.29) is 11.4 Å². The fourth-order valence-electron chi connectivity index (χ4n) is 2.03. The van der Waals surface area contributed by atoms with Crippen LogP contribution in [0.1, 0.15) is 13.8 Å². The smallest absolute Gasteiger partial charge is 0.238 e. The van der Waals surface area contributed by atoms with Crippen LogP contribution in [0.5, 0.6) is 0 Å². The minimum Gasteiger partial charge on any atom is -0.315 e. The third kappa shape index (κ3) is 0.475. The van der Waals surface area contributed by atoms with Crippen molar-refractivity contribution in [3.05, 3.63) is 0 Å². The zero-order valence-electron chi connectivity index (χ0n) is 6.59. The van der Waals surface area contributed by atoms with Crippen LogP contribution in [0.15, 0.2) is 0 Å². The van der Waals surface area contributed by atoms with E-state index in [1.807, 2.05) is 11.9 Å². The van der Waals surface area contributed by atoms with Crippen molar-refractivity contribution in [2.75, 3.05) is 13.6 Å². The summed E-state index contributed by atoms with van der Waals surface area (Å²) in [5, 5.41) is 0. The van der Waals surface area contributed by atoms with Crippen molar-refractivity contribution in [3.8, 4) is 0 Å². The van der Waals surface area contributed by atoms with E-state index in [1.54, 1.807) is 0 Å². The predicted molar refractivity (Wildman–Crippen MR) is 37.3 cm³/mol. The molecule has 3 heteroatoms. The normalized spacial score (nSPS) is 36.5. The highest BCUT2D eigenvalue weighted by Crippen LogP contribution is 2.45. The minimum absolute atomic E-state index is 0.115. The molecule has 2 saturated heterocycles. The first-order valence-corrected chi connectivity index (χ1v) is 3.57. The highest BCUT2D eigenvalue weighted by molar-refractivity contribution is 5.85. The molecule has 2 fully saturated rings. The Morgan fingerprint density at radius 2 is 2.20 bits per heavy atom. The Labute approximate surface area is 60.6 Å². The monoisotopic (exact) mass is 140 g/mol. The van der Waals surface area contributed by atoms with E-state index in [2.05, 4.69) is 18.7 Å². The zero-order valence-corrected chi connectivity index (χ0v) is 6.59. The van der Waals surface area contributed by atoms with Crippen LogP contribution in [0.3, 0.4) is 0 Å². The topological polar surface area (TPSA) is 23.3 Å². The Morgan fingerprint density at radius 1 is 1.60 bits per heavy atom. The van der Waals surface area contributed by atoms with Gasteiger partial charge in [0.05, 0.1) is 12.1 Å². The number of carbonyl (C=O) groups excluding carboxylic acids is 1. The number of rotatable bonds is 0. The minimum atomic E-state index is 0.115. The van der Waals surface area contributed by atoms with Crippen LogP contribution in [0.4, 0.5) is 0 Å². The Balaban J connectivity index is 2.25. The van der Waals surface area contributed by atoms with Crippen LogP contribution in [0.2, 0.25) is 0 Å². The largest absolute Gasteiger partial charge is 0.315 e. The number of fused-ring (bicyclic) bond motifs is 1. The fraction of sp³-hybridized carbons (Fsp3) is 0.857. The van der Waals surface area contributed by atoms with Gasteiger partial charge in [-0.25, -0.2) is 0 Å². The molecule has 0 aromatic rings. The summed E-state index contributed by atoms with van der Waals surface area (Å²) in [6, 6.07) is 0. The third-order valence-electron chi connectivity index (χ3n) is 2.50. The van der Waals surface area contributed by atoms with E-state index in [0.717, 1.165) is 0 Å². The molecule has 0 N–H and O–H groups in total. The summed E-state index contributed by atoms with van der Waals surface area (Å²) >= 11 is 0. The van der Waals surface area contributed by atoms with Gasteiger partial charge in [0, 0.05) is 0 Å². The third-order valence-corrected chi connectivity index (χ3v) is 2.50. The first-order valence-electron chi connectivity index (χ1n) is 3.57. The number of likely N-dealkylation sites (N-methyl/N-ethyl adjacent to an activating group) is 1. The summed E-state index contributed by atoms with van der Waals surface area (Å²) in [5.74, 6) is 0.275. The quantitative estimate of drug-likeness (QED) is 0.438. The van der Waals surface area contributed by atoms with Crippen molar-refractivity contribution in [2.45, 2.75) is 25.6 Å². The lowest BCUT2D eigenvalue weighted by atomic mass is 10.2. The summed E-state index contributed by atoms with van der Waals surface area (Å²) in [5.41, 5.74) is 0.115. The van der Waals surface area contributed by atoms with Gasteiger partial charge in [-0.05, 0) is 20.9 Å². The van der Waals surface area contributed by atoms with Crippen molar-refractivity contribution in [1.82, 2.24) is 9.80 Å². The number of amides is 1. The van der Waals surface area contributed by atoms with Crippen molar-refractivity contribution in [2.24, 2.45) is 0 Å². The van der Waals surface area contributed by atoms with Crippen molar-refractivity contribution in [3.63, 3.8) is 0 Å². The van der Waals surface area contributed by atoms with Crippen LogP contribution in [-0.4, -0.2) is 41.0 Å². The van der Waals surface area contributed by atoms with Gasteiger partial charge in [0.25, 0.3) is 0 Å². The summed E-state index contributed by atoms with van der Waals surface area (Å²) in [6.07, 6.45) is 0.389. The van der Waals surface area contributed by atoms with Crippen LogP contribution < -0.4 is 0 Å².